The molecule has 2 aromatic carbocycles. The fourth-order valence-electron chi connectivity index (χ4n) is 2.28. The molecular formula is C17H13BrF3N3O. The van der Waals surface area contributed by atoms with E-state index in [1.807, 2.05) is 31.3 Å². The van der Waals surface area contributed by atoms with Crippen LogP contribution in [-0.2, 0) is 7.05 Å². The Hall–Kier alpha value is -2.48. The van der Waals surface area contributed by atoms with Crippen LogP contribution in [0.4, 0.5) is 24.7 Å². The van der Waals surface area contributed by atoms with E-state index < -0.39 is 6.36 Å². The van der Waals surface area contributed by atoms with E-state index in [0.717, 1.165) is 27.1 Å². The second-order valence-corrected chi connectivity index (χ2v) is 6.09. The average molecular weight is 412 g/mol. The van der Waals surface area contributed by atoms with Crippen LogP contribution in [0.2, 0.25) is 0 Å². The van der Waals surface area contributed by atoms with Crippen LogP contribution in [0.25, 0.3) is 11.1 Å². The number of nitrogens with zero attached hydrogens (tertiary/aromatic N) is 2. The van der Waals surface area contributed by atoms with Gasteiger partial charge in [-0.1, -0.05) is 24.3 Å². The number of hydrogen-bond donors (Lipinski definition) is 1. The fraction of sp³-hybridized carbons (Fsp3) is 0.118. The number of rotatable bonds is 4. The first-order chi connectivity index (χ1) is 11.8. The third-order valence-electron chi connectivity index (χ3n) is 3.46. The summed E-state index contributed by atoms with van der Waals surface area (Å²) in [6.45, 7) is 0. The van der Waals surface area contributed by atoms with E-state index in [4.69, 9.17) is 0 Å². The molecule has 3 rings (SSSR count). The van der Waals surface area contributed by atoms with Crippen molar-refractivity contribution in [2.45, 2.75) is 6.36 Å². The lowest BCUT2D eigenvalue weighted by Crippen LogP contribution is -2.16. The van der Waals surface area contributed by atoms with Crippen LogP contribution < -0.4 is 10.1 Å². The number of halogens is 4. The minimum absolute atomic E-state index is 0.240. The first-order valence-electron chi connectivity index (χ1n) is 7.22. The van der Waals surface area contributed by atoms with Crippen molar-refractivity contribution in [3.8, 4) is 16.9 Å². The van der Waals surface area contributed by atoms with Crippen LogP contribution in [-0.4, -0.2) is 16.1 Å². The minimum atomic E-state index is -4.69. The summed E-state index contributed by atoms with van der Waals surface area (Å²) in [5, 5.41) is 7.37. The van der Waals surface area contributed by atoms with Gasteiger partial charge in [-0.05, 0) is 51.3 Å². The van der Waals surface area contributed by atoms with Crippen molar-refractivity contribution in [2.75, 3.05) is 5.32 Å². The molecule has 25 heavy (non-hydrogen) atoms. The van der Waals surface area contributed by atoms with Crippen molar-refractivity contribution in [3.63, 3.8) is 0 Å². The van der Waals surface area contributed by atoms with Gasteiger partial charge in [0, 0.05) is 12.7 Å². The van der Waals surface area contributed by atoms with Gasteiger partial charge in [0.15, 0.2) is 0 Å². The molecule has 0 unspecified atom stereocenters. The van der Waals surface area contributed by atoms with Crippen molar-refractivity contribution in [2.24, 2.45) is 7.05 Å². The van der Waals surface area contributed by atoms with E-state index in [9.17, 15) is 13.2 Å². The lowest BCUT2D eigenvalue weighted by Gasteiger charge is -2.10. The third-order valence-corrected chi connectivity index (χ3v) is 4.04. The van der Waals surface area contributed by atoms with Crippen molar-refractivity contribution in [1.82, 2.24) is 9.78 Å². The molecule has 3 aromatic rings. The summed E-state index contributed by atoms with van der Waals surface area (Å²) in [5.41, 5.74) is 2.54. The molecule has 1 heterocycles. The Morgan fingerprint density at radius 3 is 2.04 bits per heavy atom. The molecule has 0 radical (unpaired) electrons. The highest BCUT2D eigenvalue weighted by Crippen LogP contribution is 2.29. The summed E-state index contributed by atoms with van der Waals surface area (Å²) in [6, 6.07) is 13.3. The Balaban J connectivity index is 1.74. The number of hydrogen-bond acceptors (Lipinski definition) is 3. The Morgan fingerprint density at radius 2 is 1.56 bits per heavy atom. The summed E-state index contributed by atoms with van der Waals surface area (Å²) in [5.74, 6) is 0.581. The number of ether oxygens (including phenoxy) is 1. The number of aryl methyl sites for hydroxylation is 1. The topological polar surface area (TPSA) is 39.1 Å². The van der Waals surface area contributed by atoms with Crippen molar-refractivity contribution in [3.05, 3.63) is 59.2 Å². The zero-order chi connectivity index (χ0) is 18.0. The molecule has 0 saturated carbocycles. The Morgan fingerprint density at radius 1 is 1.00 bits per heavy atom. The number of benzene rings is 2. The smallest absolute Gasteiger partial charge is 0.406 e. The van der Waals surface area contributed by atoms with Gasteiger partial charge in [0.2, 0.25) is 0 Å². The quantitative estimate of drug-likeness (QED) is 0.616. The summed E-state index contributed by atoms with van der Waals surface area (Å²) in [4.78, 5) is 0. The van der Waals surface area contributed by atoms with Gasteiger partial charge in [-0.3, -0.25) is 4.68 Å². The summed E-state index contributed by atoms with van der Waals surface area (Å²) < 4.78 is 43.0. The molecule has 0 aliphatic carbocycles. The largest absolute Gasteiger partial charge is 0.573 e. The van der Waals surface area contributed by atoms with Gasteiger partial charge in [-0.2, -0.15) is 5.10 Å². The highest BCUT2D eigenvalue weighted by Gasteiger charge is 2.30. The lowest BCUT2D eigenvalue weighted by atomic mass is 10.1. The van der Waals surface area contributed by atoms with E-state index in [2.05, 4.69) is 31.1 Å². The molecule has 0 atom stereocenters. The van der Waals surface area contributed by atoms with E-state index in [1.54, 1.807) is 23.0 Å². The SMILES string of the molecule is Cn1ncc(Br)c1Nc1ccc(-c2ccc(OC(F)(F)F)cc2)cc1. The number of anilines is 2. The number of alkyl halides is 3. The molecule has 0 amide bonds. The van der Waals surface area contributed by atoms with Crippen LogP contribution >= 0.6 is 15.9 Å². The van der Waals surface area contributed by atoms with E-state index in [1.165, 1.54) is 12.1 Å². The van der Waals surface area contributed by atoms with Crippen molar-refractivity contribution >= 4 is 27.4 Å². The average Bonchev–Trinajstić information content (AvgIpc) is 2.87. The maximum atomic E-state index is 12.2. The van der Waals surface area contributed by atoms with Gasteiger partial charge in [0.25, 0.3) is 0 Å². The Bertz CT molecular complexity index is 839. The van der Waals surface area contributed by atoms with Gasteiger partial charge in [0.1, 0.15) is 11.6 Å². The second kappa shape index (κ2) is 6.79. The molecule has 0 spiro atoms. The molecule has 0 aliphatic heterocycles. The maximum absolute atomic E-state index is 12.2. The minimum Gasteiger partial charge on any atom is -0.406 e. The van der Waals surface area contributed by atoms with Gasteiger partial charge in [0.05, 0.1) is 10.7 Å². The molecule has 0 saturated heterocycles. The summed E-state index contributed by atoms with van der Waals surface area (Å²) in [7, 11) is 1.83. The molecule has 1 aromatic heterocycles. The third kappa shape index (κ3) is 4.33. The molecular weight excluding hydrogens is 399 g/mol. The van der Waals surface area contributed by atoms with Gasteiger partial charge in [-0.25, -0.2) is 0 Å². The number of nitrogens with one attached hydrogen (secondary N) is 1. The Labute approximate surface area is 150 Å². The van der Waals surface area contributed by atoms with Crippen LogP contribution in [0.1, 0.15) is 0 Å². The van der Waals surface area contributed by atoms with Gasteiger partial charge < -0.3 is 10.1 Å². The molecule has 0 fully saturated rings. The highest BCUT2D eigenvalue weighted by molar-refractivity contribution is 9.10. The first kappa shape index (κ1) is 17.3. The number of aromatic nitrogens is 2. The van der Waals surface area contributed by atoms with Crippen LogP contribution in [0.3, 0.4) is 0 Å². The van der Waals surface area contributed by atoms with Gasteiger partial charge in [-0.15, -0.1) is 13.2 Å². The summed E-state index contributed by atoms with van der Waals surface area (Å²) >= 11 is 3.42. The molecule has 1 N–H and O–H groups in total. The van der Waals surface area contributed by atoms with Crippen molar-refractivity contribution in [1.29, 1.82) is 0 Å². The van der Waals surface area contributed by atoms with E-state index in [0.29, 0.717) is 0 Å². The second-order valence-electron chi connectivity index (χ2n) is 5.24. The van der Waals surface area contributed by atoms with Crippen LogP contribution in [0.5, 0.6) is 5.75 Å². The molecule has 4 nitrogen and oxygen atoms in total. The molecule has 0 bridgehead atoms. The molecule has 0 aliphatic rings. The summed E-state index contributed by atoms with van der Waals surface area (Å²) in [6.07, 6.45) is -2.99. The molecule has 130 valence electrons. The van der Waals surface area contributed by atoms with E-state index in [-0.39, 0.29) is 5.75 Å². The Kier molecular flexibility index (Phi) is 4.71. The maximum Gasteiger partial charge on any atom is 0.573 e. The van der Waals surface area contributed by atoms with Crippen LogP contribution in [0.15, 0.2) is 59.2 Å². The van der Waals surface area contributed by atoms with Crippen molar-refractivity contribution < 1.29 is 17.9 Å². The first-order valence-corrected chi connectivity index (χ1v) is 8.02. The standard InChI is InChI=1S/C17H13BrF3N3O/c1-24-16(15(18)10-22-24)23-13-6-2-11(3-7-13)12-4-8-14(9-5-12)25-17(19,20)21/h2-10,23H,1H3. The normalized spacial score (nSPS) is 11.4. The monoisotopic (exact) mass is 411 g/mol. The predicted octanol–water partition coefficient (Wildman–Crippen LogP) is 5.49. The zero-order valence-electron chi connectivity index (χ0n) is 13.0. The highest BCUT2D eigenvalue weighted by atomic mass is 79.9. The predicted molar refractivity (Wildman–Crippen MR) is 92.8 cm³/mol. The fourth-order valence-corrected chi connectivity index (χ4v) is 2.73. The van der Waals surface area contributed by atoms with Crippen LogP contribution in [0, 0.1) is 0 Å². The van der Waals surface area contributed by atoms with E-state index >= 15 is 0 Å². The van der Waals surface area contributed by atoms with Gasteiger partial charge >= 0.3 is 6.36 Å². The molecule has 8 heteroatoms. The lowest BCUT2D eigenvalue weighted by molar-refractivity contribution is -0.274. The zero-order valence-corrected chi connectivity index (χ0v) is 14.6.